The summed E-state index contributed by atoms with van der Waals surface area (Å²) >= 11 is 7.84. The smallest absolute Gasteiger partial charge is 0.261 e. The van der Waals surface area contributed by atoms with Crippen molar-refractivity contribution in [2.45, 2.75) is 37.0 Å². The van der Waals surface area contributed by atoms with E-state index in [2.05, 4.69) is 17.0 Å². The number of nitrogens with zero attached hydrogens (tertiary/aromatic N) is 3. The Bertz CT molecular complexity index is 1130. The van der Waals surface area contributed by atoms with Gasteiger partial charge in [-0.3, -0.25) is 9.59 Å². The van der Waals surface area contributed by atoms with Crippen molar-refractivity contribution in [2.75, 3.05) is 44.7 Å². The summed E-state index contributed by atoms with van der Waals surface area (Å²) in [5, 5.41) is 0.982. The maximum Gasteiger partial charge on any atom is 0.261 e. The molecule has 0 aromatic heterocycles. The second-order valence-electron chi connectivity index (χ2n) is 9.57. The molecule has 3 aliphatic rings. The minimum absolute atomic E-state index is 0.0339. The van der Waals surface area contributed by atoms with Crippen molar-refractivity contribution in [1.82, 2.24) is 9.80 Å². The quantitative estimate of drug-likeness (QED) is 0.518. The summed E-state index contributed by atoms with van der Waals surface area (Å²) < 4.78 is 5.25. The highest BCUT2D eigenvalue weighted by atomic mass is 35.5. The first-order chi connectivity index (χ1) is 17.5. The number of piperazine rings is 1. The van der Waals surface area contributed by atoms with E-state index in [1.165, 1.54) is 6.42 Å². The lowest BCUT2D eigenvalue weighted by molar-refractivity contribution is -0.140. The second kappa shape index (κ2) is 11.2. The molecule has 5 rings (SSSR count). The lowest BCUT2D eigenvalue weighted by Crippen LogP contribution is -2.57. The lowest BCUT2D eigenvalue weighted by atomic mass is 9.93. The van der Waals surface area contributed by atoms with Crippen molar-refractivity contribution in [3.8, 4) is 5.75 Å². The van der Waals surface area contributed by atoms with Gasteiger partial charge in [0.15, 0.2) is 0 Å². The van der Waals surface area contributed by atoms with E-state index in [0.717, 1.165) is 49.4 Å². The number of rotatable bonds is 5. The molecule has 6 nitrogen and oxygen atoms in total. The Labute approximate surface area is 222 Å². The standard InChI is InChI=1S/C28H32ClN3O3S/c1-35-23-11-9-22(10-12-23)30-13-15-31(16-14-30)27(33)19-32-24-7-2-3-8-25(24)36-26(28(32)34)18-20-5-4-6-21(29)17-20/h4-6,9-12,17-18,24-25H,2-3,7-8,13-16,19H2,1H3/b26-18-. The summed E-state index contributed by atoms with van der Waals surface area (Å²) in [6.07, 6.45) is 6.23. The summed E-state index contributed by atoms with van der Waals surface area (Å²) in [7, 11) is 1.66. The third-order valence-electron chi connectivity index (χ3n) is 7.34. The van der Waals surface area contributed by atoms with Gasteiger partial charge in [-0.25, -0.2) is 0 Å². The van der Waals surface area contributed by atoms with Crippen LogP contribution < -0.4 is 9.64 Å². The Balaban J connectivity index is 1.26. The van der Waals surface area contributed by atoms with Crippen molar-refractivity contribution in [3.63, 3.8) is 0 Å². The number of anilines is 1. The van der Waals surface area contributed by atoms with Crippen molar-refractivity contribution < 1.29 is 14.3 Å². The zero-order valence-corrected chi connectivity index (χ0v) is 22.1. The normalized spacial score (nSPS) is 23.6. The minimum Gasteiger partial charge on any atom is -0.497 e. The third-order valence-corrected chi connectivity index (χ3v) is 8.97. The number of halogens is 1. The van der Waals surface area contributed by atoms with E-state index in [1.54, 1.807) is 18.9 Å². The molecule has 2 aliphatic heterocycles. The molecule has 8 heteroatoms. The highest BCUT2D eigenvalue weighted by molar-refractivity contribution is 8.04. The van der Waals surface area contributed by atoms with Crippen LogP contribution in [-0.2, 0) is 9.59 Å². The highest BCUT2D eigenvalue weighted by Crippen LogP contribution is 2.42. The van der Waals surface area contributed by atoms with Gasteiger partial charge in [0.25, 0.3) is 5.91 Å². The first-order valence-corrected chi connectivity index (χ1v) is 13.9. The first kappa shape index (κ1) is 25.0. The zero-order chi connectivity index (χ0) is 25.1. The molecule has 2 aromatic carbocycles. The van der Waals surface area contributed by atoms with Crippen molar-refractivity contribution >= 4 is 46.9 Å². The number of carbonyl (C=O) groups is 2. The van der Waals surface area contributed by atoms with E-state index in [1.807, 2.05) is 52.3 Å². The van der Waals surface area contributed by atoms with E-state index in [-0.39, 0.29) is 24.4 Å². The molecule has 36 heavy (non-hydrogen) atoms. The van der Waals surface area contributed by atoms with Crippen molar-refractivity contribution in [3.05, 3.63) is 64.0 Å². The summed E-state index contributed by atoms with van der Waals surface area (Å²) in [6, 6.07) is 15.7. The number of hydrogen-bond acceptors (Lipinski definition) is 5. The first-order valence-electron chi connectivity index (χ1n) is 12.6. The van der Waals surface area contributed by atoms with Crippen LogP contribution in [0.3, 0.4) is 0 Å². The van der Waals surface area contributed by atoms with Crippen molar-refractivity contribution in [2.24, 2.45) is 0 Å². The van der Waals surface area contributed by atoms with Gasteiger partial charge in [0.2, 0.25) is 5.91 Å². The Morgan fingerprint density at radius 2 is 1.83 bits per heavy atom. The molecular formula is C28H32ClN3O3S. The molecular weight excluding hydrogens is 494 g/mol. The van der Waals surface area contributed by atoms with Gasteiger partial charge >= 0.3 is 0 Å². The third kappa shape index (κ3) is 5.52. The summed E-state index contributed by atoms with van der Waals surface area (Å²) in [6.45, 7) is 3.00. The number of amides is 2. The average Bonchev–Trinajstić information content (AvgIpc) is 2.91. The Kier molecular flexibility index (Phi) is 7.77. The van der Waals surface area contributed by atoms with Gasteiger partial charge in [-0.05, 0) is 60.9 Å². The predicted molar refractivity (Wildman–Crippen MR) is 147 cm³/mol. The Morgan fingerprint density at radius 3 is 2.56 bits per heavy atom. The Morgan fingerprint density at radius 1 is 1.08 bits per heavy atom. The molecule has 0 spiro atoms. The molecule has 1 saturated carbocycles. The number of fused-ring (bicyclic) bond motifs is 1. The number of benzene rings is 2. The van der Waals surface area contributed by atoms with E-state index >= 15 is 0 Å². The number of ether oxygens (including phenoxy) is 1. The number of hydrogen-bond donors (Lipinski definition) is 0. The van der Waals surface area contributed by atoms with Gasteiger partial charge in [0.05, 0.1) is 12.0 Å². The van der Waals surface area contributed by atoms with E-state index in [9.17, 15) is 9.59 Å². The highest BCUT2D eigenvalue weighted by Gasteiger charge is 2.41. The summed E-state index contributed by atoms with van der Waals surface area (Å²) in [4.78, 5) is 33.7. The minimum atomic E-state index is -0.0339. The largest absolute Gasteiger partial charge is 0.497 e. The average molecular weight is 526 g/mol. The summed E-state index contributed by atoms with van der Waals surface area (Å²) in [5.74, 6) is 0.839. The Hall–Kier alpha value is -2.64. The van der Waals surface area contributed by atoms with Crippen LogP contribution in [-0.4, -0.2) is 72.7 Å². The van der Waals surface area contributed by atoms with Crippen LogP contribution in [0.2, 0.25) is 5.02 Å². The van der Waals surface area contributed by atoms with Gasteiger partial charge in [-0.2, -0.15) is 0 Å². The van der Waals surface area contributed by atoms with Crippen LogP contribution >= 0.6 is 23.4 Å². The molecule has 0 radical (unpaired) electrons. The van der Waals surface area contributed by atoms with Crippen LogP contribution in [0.5, 0.6) is 5.75 Å². The topological polar surface area (TPSA) is 53.1 Å². The molecule has 2 heterocycles. The fraction of sp³-hybridized carbons (Fsp3) is 0.429. The van der Waals surface area contributed by atoms with Crippen LogP contribution in [0.1, 0.15) is 31.2 Å². The molecule has 2 amide bonds. The lowest BCUT2D eigenvalue weighted by Gasteiger charge is -2.45. The number of carbonyl (C=O) groups excluding carboxylic acids is 2. The molecule has 0 N–H and O–H groups in total. The molecule has 2 unspecified atom stereocenters. The van der Waals surface area contributed by atoms with E-state index in [4.69, 9.17) is 16.3 Å². The molecule has 2 atom stereocenters. The van der Waals surface area contributed by atoms with Crippen LogP contribution in [0.15, 0.2) is 53.4 Å². The van der Waals surface area contributed by atoms with E-state index in [0.29, 0.717) is 28.3 Å². The maximum absolute atomic E-state index is 13.6. The number of methoxy groups -OCH3 is 1. The molecule has 3 fully saturated rings. The molecule has 1 aliphatic carbocycles. The van der Waals surface area contributed by atoms with Gasteiger partial charge in [0, 0.05) is 48.2 Å². The second-order valence-corrected chi connectivity index (χ2v) is 11.3. The van der Waals surface area contributed by atoms with Crippen molar-refractivity contribution in [1.29, 1.82) is 0 Å². The predicted octanol–water partition coefficient (Wildman–Crippen LogP) is 4.92. The van der Waals surface area contributed by atoms with Crippen LogP contribution in [0.4, 0.5) is 5.69 Å². The maximum atomic E-state index is 13.6. The molecule has 2 saturated heterocycles. The monoisotopic (exact) mass is 525 g/mol. The van der Waals surface area contributed by atoms with Gasteiger partial charge in [0.1, 0.15) is 12.3 Å². The van der Waals surface area contributed by atoms with Gasteiger partial charge < -0.3 is 19.4 Å². The molecule has 0 bridgehead atoms. The van der Waals surface area contributed by atoms with Gasteiger partial charge in [-0.1, -0.05) is 36.6 Å². The molecule has 2 aromatic rings. The fourth-order valence-corrected chi connectivity index (χ4v) is 7.03. The number of thioether (sulfide) groups is 1. The van der Waals surface area contributed by atoms with E-state index < -0.39 is 0 Å². The zero-order valence-electron chi connectivity index (χ0n) is 20.6. The van der Waals surface area contributed by atoms with Crippen LogP contribution in [0, 0.1) is 0 Å². The van der Waals surface area contributed by atoms with Crippen LogP contribution in [0.25, 0.3) is 6.08 Å². The fourth-order valence-electron chi connectivity index (χ4n) is 5.36. The molecule has 190 valence electrons. The SMILES string of the molecule is COc1ccc(N2CCN(C(=O)CN3C(=O)/C(=C/c4cccc(Cl)c4)SC4CCCCC43)CC2)cc1. The summed E-state index contributed by atoms with van der Waals surface area (Å²) in [5.41, 5.74) is 2.04. The van der Waals surface area contributed by atoms with Gasteiger partial charge in [-0.15, -0.1) is 11.8 Å².